The Morgan fingerprint density at radius 2 is 1.29 bits per heavy atom. The van der Waals surface area contributed by atoms with Gasteiger partial charge in [0, 0.05) is 33.3 Å². The van der Waals surface area contributed by atoms with Gasteiger partial charge in [-0.2, -0.15) is 4.99 Å². The highest BCUT2D eigenvalue weighted by molar-refractivity contribution is 6.18. The monoisotopic (exact) mass is 616 g/mol. The fraction of sp³-hybridized carbons (Fsp3) is 0. The van der Waals surface area contributed by atoms with Gasteiger partial charge in [0.2, 0.25) is 5.96 Å². The predicted molar refractivity (Wildman–Crippen MR) is 200 cm³/mol. The van der Waals surface area contributed by atoms with Crippen LogP contribution in [0, 0.1) is 5.41 Å². The number of hydrogen-bond acceptors (Lipinski definition) is 2. The lowest BCUT2D eigenvalue weighted by Crippen LogP contribution is -2.11. The molecule has 7 aromatic carbocycles. The molecule has 1 N–H and O–H groups in total. The van der Waals surface area contributed by atoms with E-state index in [0.29, 0.717) is 5.84 Å². The van der Waals surface area contributed by atoms with Gasteiger partial charge in [-0.25, -0.2) is 4.99 Å². The van der Waals surface area contributed by atoms with Crippen molar-refractivity contribution in [2.45, 2.75) is 0 Å². The topological polar surface area (TPSA) is 66.6 Å². The van der Waals surface area contributed by atoms with E-state index >= 15 is 0 Å². The SMILES string of the molecule is N=C(/N=C(\N=Cc1ccccc1)c1ccc2c(c1)oc1cccc(-c3ccc4ccccc4c3)c12)n1c2ccccc2c2ccccc21. The molecule has 5 heteroatoms. The number of fused-ring (bicyclic) bond motifs is 7. The Balaban J connectivity index is 1.20. The lowest BCUT2D eigenvalue weighted by molar-refractivity contribution is 0.669. The molecule has 0 aliphatic rings. The van der Waals surface area contributed by atoms with Crippen molar-refractivity contribution in [2.75, 3.05) is 0 Å². The van der Waals surface area contributed by atoms with Gasteiger partial charge in [-0.05, 0) is 63.9 Å². The summed E-state index contributed by atoms with van der Waals surface area (Å²) in [6, 6.07) is 53.5. The molecule has 226 valence electrons. The van der Waals surface area contributed by atoms with Crippen molar-refractivity contribution >= 4 is 72.5 Å². The number of para-hydroxylation sites is 2. The fourth-order valence-electron chi connectivity index (χ4n) is 6.71. The summed E-state index contributed by atoms with van der Waals surface area (Å²) in [4.78, 5) is 9.74. The maximum Gasteiger partial charge on any atom is 0.229 e. The van der Waals surface area contributed by atoms with Gasteiger partial charge in [0.05, 0.1) is 11.0 Å². The van der Waals surface area contributed by atoms with Gasteiger partial charge in [0.25, 0.3) is 0 Å². The van der Waals surface area contributed by atoms with Gasteiger partial charge in [0.1, 0.15) is 11.2 Å². The molecule has 9 aromatic rings. The first-order chi connectivity index (χ1) is 23.7. The van der Waals surface area contributed by atoms with E-state index in [1.54, 1.807) is 6.21 Å². The minimum Gasteiger partial charge on any atom is -0.456 e. The molecular weight excluding hydrogens is 589 g/mol. The van der Waals surface area contributed by atoms with Crippen LogP contribution in [0.2, 0.25) is 0 Å². The summed E-state index contributed by atoms with van der Waals surface area (Å²) in [5.41, 5.74) is 7.36. The Bertz CT molecular complexity index is 2700. The van der Waals surface area contributed by atoms with Crippen LogP contribution in [0.1, 0.15) is 11.1 Å². The number of aromatic nitrogens is 1. The van der Waals surface area contributed by atoms with Crippen LogP contribution in [0.25, 0.3) is 65.6 Å². The molecule has 0 amide bonds. The van der Waals surface area contributed by atoms with Gasteiger partial charge >= 0.3 is 0 Å². The Hall–Kier alpha value is -6.59. The Morgan fingerprint density at radius 3 is 2.08 bits per heavy atom. The largest absolute Gasteiger partial charge is 0.456 e. The van der Waals surface area contributed by atoms with Crippen LogP contribution in [0.3, 0.4) is 0 Å². The lowest BCUT2D eigenvalue weighted by Gasteiger charge is -2.08. The van der Waals surface area contributed by atoms with Crippen molar-refractivity contribution < 1.29 is 4.42 Å². The second kappa shape index (κ2) is 11.3. The molecule has 0 unspecified atom stereocenters. The molecule has 0 aliphatic carbocycles. The van der Waals surface area contributed by atoms with E-state index in [4.69, 9.17) is 14.4 Å². The van der Waals surface area contributed by atoms with Crippen molar-refractivity contribution in [3.05, 3.63) is 169 Å². The van der Waals surface area contributed by atoms with Crippen molar-refractivity contribution in [1.29, 1.82) is 5.41 Å². The summed E-state index contributed by atoms with van der Waals surface area (Å²) >= 11 is 0. The van der Waals surface area contributed by atoms with Gasteiger partial charge in [-0.1, -0.05) is 121 Å². The number of nitrogens with zero attached hydrogens (tertiary/aromatic N) is 3. The molecule has 2 heterocycles. The second-order valence-corrected chi connectivity index (χ2v) is 11.9. The number of benzene rings is 7. The molecule has 0 spiro atoms. The zero-order valence-corrected chi connectivity index (χ0v) is 25.8. The average Bonchev–Trinajstić information content (AvgIpc) is 3.69. The van der Waals surface area contributed by atoms with E-state index in [9.17, 15) is 5.41 Å². The van der Waals surface area contributed by atoms with Crippen LogP contribution in [0.5, 0.6) is 0 Å². The van der Waals surface area contributed by atoms with E-state index in [2.05, 4.69) is 66.7 Å². The van der Waals surface area contributed by atoms with Gasteiger partial charge in [-0.15, -0.1) is 0 Å². The van der Waals surface area contributed by atoms with E-state index in [1.165, 1.54) is 10.8 Å². The van der Waals surface area contributed by atoms with Crippen LogP contribution in [-0.2, 0) is 0 Å². The van der Waals surface area contributed by atoms with Crippen LogP contribution >= 0.6 is 0 Å². The van der Waals surface area contributed by atoms with Gasteiger partial charge in [0.15, 0.2) is 5.84 Å². The molecule has 48 heavy (non-hydrogen) atoms. The molecule has 0 saturated carbocycles. The maximum absolute atomic E-state index is 9.28. The van der Waals surface area contributed by atoms with Crippen molar-refractivity contribution in [1.82, 2.24) is 4.57 Å². The Morgan fingerprint density at radius 1 is 0.583 bits per heavy atom. The summed E-state index contributed by atoms with van der Waals surface area (Å²) < 4.78 is 8.37. The third-order valence-corrected chi connectivity index (χ3v) is 8.95. The van der Waals surface area contributed by atoms with Crippen LogP contribution < -0.4 is 0 Å². The zero-order valence-electron chi connectivity index (χ0n) is 25.8. The number of aliphatic imine (C=N–C) groups is 2. The molecule has 9 rings (SSSR count). The summed E-state index contributed by atoms with van der Waals surface area (Å²) in [6.07, 6.45) is 1.79. The van der Waals surface area contributed by atoms with E-state index in [0.717, 1.165) is 66.0 Å². The number of amidine groups is 1. The minimum atomic E-state index is 0.0795. The maximum atomic E-state index is 9.28. The molecule has 0 bridgehead atoms. The first-order valence-electron chi connectivity index (χ1n) is 15.9. The molecule has 0 fully saturated rings. The third kappa shape index (κ3) is 4.68. The fourth-order valence-corrected chi connectivity index (χ4v) is 6.71. The lowest BCUT2D eigenvalue weighted by atomic mass is 9.97. The second-order valence-electron chi connectivity index (χ2n) is 11.9. The smallest absolute Gasteiger partial charge is 0.229 e. The molecule has 0 saturated heterocycles. The van der Waals surface area contributed by atoms with Gasteiger partial charge in [-0.3, -0.25) is 9.98 Å². The standard InChI is InChI=1S/C43H28N4O/c44-43(47-37-18-8-6-15-34(37)35-16-7-9-19-38(35)47)46-42(45-27-28-11-2-1-3-12-28)32-23-24-36-40(26-32)48-39-20-10-17-33(41(36)39)31-22-21-29-13-4-5-14-30(29)25-31/h1-27,44H/b44-43?,45-27?,46-42-. The number of rotatable bonds is 3. The average molecular weight is 617 g/mol. The number of hydrogen-bond donors (Lipinski definition) is 1. The summed E-state index contributed by atoms with van der Waals surface area (Å²) in [5, 5.41) is 15.9. The van der Waals surface area contributed by atoms with E-state index in [-0.39, 0.29) is 5.96 Å². The first-order valence-corrected chi connectivity index (χ1v) is 15.9. The molecule has 0 radical (unpaired) electrons. The molecule has 0 atom stereocenters. The van der Waals surface area contributed by atoms with Crippen molar-refractivity contribution in [3.8, 4) is 11.1 Å². The highest BCUT2D eigenvalue weighted by atomic mass is 16.3. The molecular formula is C43H28N4O. The summed E-state index contributed by atoms with van der Waals surface area (Å²) in [6.45, 7) is 0. The number of nitrogens with one attached hydrogen (secondary N) is 1. The van der Waals surface area contributed by atoms with Crippen molar-refractivity contribution in [2.24, 2.45) is 9.98 Å². The van der Waals surface area contributed by atoms with E-state index < -0.39 is 0 Å². The van der Waals surface area contributed by atoms with Crippen LogP contribution in [0.15, 0.2) is 172 Å². The molecule has 5 nitrogen and oxygen atoms in total. The molecule has 2 aromatic heterocycles. The van der Waals surface area contributed by atoms with Gasteiger partial charge < -0.3 is 4.42 Å². The molecule has 0 aliphatic heterocycles. The number of furan rings is 1. The van der Waals surface area contributed by atoms with Crippen LogP contribution in [-0.4, -0.2) is 22.6 Å². The normalized spacial score (nSPS) is 12.3. The van der Waals surface area contributed by atoms with Crippen molar-refractivity contribution in [3.63, 3.8) is 0 Å². The Kier molecular flexibility index (Phi) is 6.54. The zero-order chi connectivity index (χ0) is 32.0. The van der Waals surface area contributed by atoms with Crippen LogP contribution in [0.4, 0.5) is 0 Å². The minimum absolute atomic E-state index is 0.0795. The Labute approximate surface area is 276 Å². The highest BCUT2D eigenvalue weighted by Gasteiger charge is 2.17. The third-order valence-electron chi connectivity index (χ3n) is 8.95. The summed E-state index contributed by atoms with van der Waals surface area (Å²) in [5.74, 6) is 0.499. The van der Waals surface area contributed by atoms with E-state index in [1.807, 2.05) is 95.6 Å². The highest BCUT2D eigenvalue weighted by Crippen LogP contribution is 2.38. The predicted octanol–water partition coefficient (Wildman–Crippen LogP) is 10.9. The first kappa shape index (κ1) is 27.7. The summed E-state index contributed by atoms with van der Waals surface area (Å²) in [7, 11) is 0. The quantitative estimate of drug-likeness (QED) is 0.156.